The lowest BCUT2D eigenvalue weighted by Crippen LogP contribution is -2.31. The molecule has 5 heteroatoms. The summed E-state index contributed by atoms with van der Waals surface area (Å²) in [5.41, 5.74) is 1.70. The molecule has 0 spiro atoms. The van der Waals surface area contributed by atoms with Crippen LogP contribution in [0.5, 0.6) is 5.75 Å². The van der Waals surface area contributed by atoms with Gasteiger partial charge in [0.1, 0.15) is 5.75 Å². The second kappa shape index (κ2) is 6.99. The Hall–Kier alpha value is -2.20. The molecule has 110 valence electrons. The quantitative estimate of drug-likeness (QED) is 0.888. The second-order valence-corrected chi connectivity index (χ2v) is 5.04. The fourth-order valence-corrected chi connectivity index (χ4v) is 2.00. The molecule has 0 saturated heterocycles. The van der Waals surface area contributed by atoms with Gasteiger partial charge in [-0.25, -0.2) is 4.79 Å². The van der Waals surface area contributed by atoms with Crippen LogP contribution in [0.1, 0.15) is 18.5 Å². The van der Waals surface area contributed by atoms with Crippen LogP contribution in [0, 0.1) is 0 Å². The van der Waals surface area contributed by atoms with Crippen LogP contribution in [0.15, 0.2) is 48.5 Å². The maximum absolute atomic E-state index is 11.9. The van der Waals surface area contributed by atoms with E-state index < -0.39 is 0 Å². The van der Waals surface area contributed by atoms with Crippen molar-refractivity contribution in [3.63, 3.8) is 0 Å². The molecule has 0 aliphatic heterocycles. The average Bonchev–Trinajstić information content (AvgIpc) is 2.48. The summed E-state index contributed by atoms with van der Waals surface area (Å²) >= 11 is 5.84. The van der Waals surface area contributed by atoms with E-state index in [1.54, 1.807) is 43.5 Å². The molecule has 0 radical (unpaired) electrons. The fraction of sp³-hybridized carbons (Fsp3) is 0.188. The van der Waals surface area contributed by atoms with Crippen molar-refractivity contribution in [3.8, 4) is 5.75 Å². The van der Waals surface area contributed by atoms with Crippen LogP contribution in [-0.2, 0) is 0 Å². The second-order valence-electron chi connectivity index (χ2n) is 4.60. The van der Waals surface area contributed by atoms with Gasteiger partial charge in [-0.2, -0.15) is 0 Å². The molecule has 0 aliphatic carbocycles. The maximum Gasteiger partial charge on any atom is 0.319 e. The molecule has 2 N–H and O–H groups in total. The first-order chi connectivity index (χ1) is 10.1. The predicted octanol–water partition coefficient (Wildman–Crippen LogP) is 4.23. The zero-order valence-electron chi connectivity index (χ0n) is 11.9. The van der Waals surface area contributed by atoms with Gasteiger partial charge in [-0.05, 0) is 48.9 Å². The minimum Gasteiger partial charge on any atom is -0.497 e. The summed E-state index contributed by atoms with van der Waals surface area (Å²) in [6.45, 7) is 1.91. The van der Waals surface area contributed by atoms with E-state index in [-0.39, 0.29) is 12.1 Å². The number of ether oxygens (including phenoxy) is 1. The summed E-state index contributed by atoms with van der Waals surface area (Å²) in [5, 5.41) is 6.32. The first-order valence-corrected chi connectivity index (χ1v) is 6.93. The third kappa shape index (κ3) is 4.39. The molecule has 0 bridgehead atoms. The Morgan fingerprint density at radius 1 is 1.10 bits per heavy atom. The van der Waals surface area contributed by atoms with Crippen LogP contribution in [0.4, 0.5) is 10.5 Å². The van der Waals surface area contributed by atoms with Crippen LogP contribution in [0.25, 0.3) is 0 Å². The van der Waals surface area contributed by atoms with Crippen molar-refractivity contribution < 1.29 is 9.53 Å². The molecule has 0 heterocycles. The Morgan fingerprint density at radius 3 is 2.29 bits per heavy atom. The Bertz CT molecular complexity index is 597. The Morgan fingerprint density at radius 2 is 1.71 bits per heavy atom. The van der Waals surface area contributed by atoms with Crippen molar-refractivity contribution in [2.45, 2.75) is 13.0 Å². The smallest absolute Gasteiger partial charge is 0.319 e. The molecule has 2 aromatic rings. The predicted molar refractivity (Wildman–Crippen MR) is 85.0 cm³/mol. The van der Waals surface area contributed by atoms with E-state index in [1.807, 2.05) is 19.1 Å². The molecule has 0 aliphatic rings. The first-order valence-electron chi connectivity index (χ1n) is 6.55. The normalized spacial score (nSPS) is 11.6. The number of benzene rings is 2. The SMILES string of the molecule is COc1ccc(NC(=O)NC(C)c2ccc(Cl)cc2)cc1. The van der Waals surface area contributed by atoms with Crippen LogP contribution in [-0.4, -0.2) is 13.1 Å². The molecule has 0 saturated carbocycles. The first kappa shape index (κ1) is 15.2. The van der Waals surface area contributed by atoms with Gasteiger partial charge in [0, 0.05) is 10.7 Å². The van der Waals surface area contributed by atoms with Gasteiger partial charge < -0.3 is 15.4 Å². The summed E-state index contributed by atoms with van der Waals surface area (Å²) in [6, 6.07) is 14.2. The molecular weight excluding hydrogens is 288 g/mol. The van der Waals surface area contributed by atoms with Crippen LogP contribution >= 0.6 is 11.6 Å². The van der Waals surface area contributed by atoms with E-state index in [0.29, 0.717) is 10.7 Å². The number of halogens is 1. The van der Waals surface area contributed by atoms with Crippen molar-refractivity contribution in [1.29, 1.82) is 0 Å². The van der Waals surface area contributed by atoms with Crippen molar-refractivity contribution >= 4 is 23.3 Å². The number of carbonyl (C=O) groups excluding carboxylic acids is 1. The molecule has 21 heavy (non-hydrogen) atoms. The standard InChI is InChI=1S/C16H17ClN2O2/c1-11(12-3-5-13(17)6-4-12)18-16(20)19-14-7-9-15(21-2)10-8-14/h3-11H,1-2H3,(H2,18,19,20). The van der Waals surface area contributed by atoms with Gasteiger partial charge in [0.15, 0.2) is 0 Å². The molecule has 1 atom stereocenters. The molecule has 2 aromatic carbocycles. The number of hydrogen-bond donors (Lipinski definition) is 2. The van der Waals surface area contributed by atoms with Gasteiger partial charge in [0.05, 0.1) is 13.2 Å². The van der Waals surface area contributed by atoms with E-state index in [2.05, 4.69) is 10.6 Å². The topological polar surface area (TPSA) is 50.4 Å². The Kier molecular flexibility index (Phi) is 5.06. The minimum atomic E-state index is -0.261. The van der Waals surface area contributed by atoms with Gasteiger partial charge >= 0.3 is 6.03 Å². The van der Waals surface area contributed by atoms with E-state index >= 15 is 0 Å². The molecule has 1 unspecified atom stereocenters. The van der Waals surface area contributed by atoms with Crippen molar-refractivity contribution in [2.75, 3.05) is 12.4 Å². The molecular formula is C16H17ClN2O2. The molecule has 0 aromatic heterocycles. The zero-order chi connectivity index (χ0) is 15.2. The van der Waals surface area contributed by atoms with Crippen molar-refractivity contribution in [1.82, 2.24) is 5.32 Å². The third-order valence-corrected chi connectivity index (χ3v) is 3.32. The molecule has 4 nitrogen and oxygen atoms in total. The summed E-state index contributed by atoms with van der Waals surface area (Å²) in [7, 11) is 1.60. The van der Waals surface area contributed by atoms with Crippen molar-refractivity contribution in [2.24, 2.45) is 0 Å². The van der Waals surface area contributed by atoms with E-state index in [4.69, 9.17) is 16.3 Å². The van der Waals surface area contributed by atoms with E-state index in [1.165, 1.54) is 0 Å². The number of hydrogen-bond acceptors (Lipinski definition) is 2. The summed E-state index contributed by atoms with van der Waals surface area (Å²) < 4.78 is 5.07. The largest absolute Gasteiger partial charge is 0.497 e. The number of methoxy groups -OCH3 is 1. The van der Waals surface area contributed by atoms with Gasteiger partial charge in [-0.1, -0.05) is 23.7 Å². The minimum absolute atomic E-state index is 0.111. The van der Waals surface area contributed by atoms with Crippen molar-refractivity contribution in [3.05, 3.63) is 59.1 Å². The monoisotopic (exact) mass is 304 g/mol. The number of amides is 2. The van der Waals surface area contributed by atoms with Gasteiger partial charge in [0.2, 0.25) is 0 Å². The van der Waals surface area contributed by atoms with Crippen LogP contribution in [0.3, 0.4) is 0 Å². The van der Waals surface area contributed by atoms with Crippen LogP contribution in [0.2, 0.25) is 5.02 Å². The molecule has 0 fully saturated rings. The van der Waals surface area contributed by atoms with E-state index in [9.17, 15) is 4.79 Å². The third-order valence-electron chi connectivity index (χ3n) is 3.07. The average molecular weight is 305 g/mol. The Labute approximate surface area is 129 Å². The number of anilines is 1. The number of nitrogens with one attached hydrogen (secondary N) is 2. The van der Waals surface area contributed by atoms with E-state index in [0.717, 1.165) is 11.3 Å². The summed E-state index contributed by atoms with van der Waals surface area (Å²) in [6.07, 6.45) is 0. The van der Waals surface area contributed by atoms with Gasteiger partial charge in [-0.15, -0.1) is 0 Å². The van der Waals surface area contributed by atoms with Gasteiger partial charge in [0.25, 0.3) is 0 Å². The lowest BCUT2D eigenvalue weighted by molar-refractivity contribution is 0.249. The summed E-state index contributed by atoms with van der Waals surface area (Å²) in [5.74, 6) is 0.746. The highest BCUT2D eigenvalue weighted by Gasteiger charge is 2.09. The number of rotatable bonds is 4. The maximum atomic E-state index is 11.9. The highest BCUT2D eigenvalue weighted by Crippen LogP contribution is 2.17. The number of urea groups is 1. The highest BCUT2D eigenvalue weighted by molar-refractivity contribution is 6.30. The lowest BCUT2D eigenvalue weighted by Gasteiger charge is -2.15. The number of carbonyl (C=O) groups is 1. The highest BCUT2D eigenvalue weighted by atomic mass is 35.5. The molecule has 2 amide bonds. The lowest BCUT2D eigenvalue weighted by atomic mass is 10.1. The summed E-state index contributed by atoms with van der Waals surface area (Å²) in [4.78, 5) is 11.9. The molecule has 2 rings (SSSR count). The van der Waals surface area contributed by atoms with Gasteiger partial charge in [-0.3, -0.25) is 0 Å². The fourth-order valence-electron chi connectivity index (χ4n) is 1.87. The Balaban J connectivity index is 1.92. The van der Waals surface area contributed by atoms with Crippen LogP contribution < -0.4 is 15.4 Å². The zero-order valence-corrected chi connectivity index (χ0v) is 12.6.